The third kappa shape index (κ3) is 2.55. The molecule has 2 aliphatic rings. The Labute approximate surface area is 114 Å². The zero-order valence-electron chi connectivity index (χ0n) is 11.7. The van der Waals surface area contributed by atoms with Gasteiger partial charge in [0, 0.05) is 24.7 Å². The molecule has 1 aromatic rings. The van der Waals surface area contributed by atoms with Crippen LogP contribution in [0.4, 0.5) is 0 Å². The highest BCUT2D eigenvalue weighted by Crippen LogP contribution is 2.38. The lowest BCUT2D eigenvalue weighted by atomic mass is 10.0. The van der Waals surface area contributed by atoms with Crippen molar-refractivity contribution in [3.63, 3.8) is 0 Å². The van der Waals surface area contributed by atoms with Gasteiger partial charge in [-0.3, -0.25) is 4.90 Å². The first-order chi connectivity index (χ1) is 9.13. The lowest BCUT2D eigenvalue weighted by Crippen LogP contribution is -2.31. The molecule has 0 saturated carbocycles. The van der Waals surface area contributed by atoms with E-state index in [-0.39, 0.29) is 5.75 Å². The lowest BCUT2D eigenvalue weighted by Gasteiger charge is -2.26. The summed E-state index contributed by atoms with van der Waals surface area (Å²) >= 11 is 0. The lowest BCUT2D eigenvalue weighted by molar-refractivity contribution is 0.173. The minimum Gasteiger partial charge on any atom is -0.508 e. The maximum absolute atomic E-state index is 9.48. The number of phenolic OH excluding ortho intramolecular Hbond substituents is 1. The summed E-state index contributed by atoms with van der Waals surface area (Å²) in [6.45, 7) is 4.21. The Morgan fingerprint density at radius 2 is 2.32 bits per heavy atom. The summed E-state index contributed by atoms with van der Waals surface area (Å²) in [5.74, 6) is 1.87. The van der Waals surface area contributed by atoms with Gasteiger partial charge >= 0.3 is 0 Å². The van der Waals surface area contributed by atoms with Gasteiger partial charge in [-0.2, -0.15) is 0 Å². The fourth-order valence-electron chi connectivity index (χ4n) is 3.26. The van der Waals surface area contributed by atoms with E-state index >= 15 is 0 Å². The first-order valence-electron chi connectivity index (χ1n) is 6.98. The van der Waals surface area contributed by atoms with Crippen molar-refractivity contribution < 1.29 is 9.84 Å². The van der Waals surface area contributed by atoms with Gasteiger partial charge in [-0.1, -0.05) is 0 Å². The van der Waals surface area contributed by atoms with E-state index in [0.29, 0.717) is 12.6 Å². The summed E-state index contributed by atoms with van der Waals surface area (Å²) in [5, 5.41) is 9.48. The summed E-state index contributed by atoms with van der Waals surface area (Å²) in [7, 11) is 4.37. The van der Waals surface area contributed by atoms with Crippen molar-refractivity contribution in [2.24, 2.45) is 5.92 Å². The van der Waals surface area contributed by atoms with Crippen molar-refractivity contribution in [2.45, 2.75) is 12.5 Å². The highest BCUT2D eigenvalue weighted by molar-refractivity contribution is 5.44. The molecule has 4 nitrogen and oxygen atoms in total. The topological polar surface area (TPSA) is 35.9 Å². The van der Waals surface area contributed by atoms with Gasteiger partial charge in [0.25, 0.3) is 0 Å². The predicted octanol–water partition coefficient (Wildman–Crippen LogP) is 1.71. The van der Waals surface area contributed by atoms with Crippen molar-refractivity contribution in [2.75, 3.05) is 40.3 Å². The molecule has 2 atom stereocenters. The predicted molar refractivity (Wildman–Crippen MR) is 74.6 cm³/mol. The van der Waals surface area contributed by atoms with Crippen LogP contribution in [0.15, 0.2) is 18.2 Å². The van der Waals surface area contributed by atoms with Crippen LogP contribution in [0, 0.1) is 5.92 Å². The molecule has 1 N–H and O–H groups in total. The van der Waals surface area contributed by atoms with Crippen LogP contribution in [0.1, 0.15) is 18.0 Å². The van der Waals surface area contributed by atoms with Crippen LogP contribution in [0.3, 0.4) is 0 Å². The first kappa shape index (κ1) is 12.8. The molecule has 2 unspecified atom stereocenters. The summed E-state index contributed by atoms with van der Waals surface area (Å²) in [4.78, 5) is 4.79. The van der Waals surface area contributed by atoms with E-state index in [4.69, 9.17) is 4.74 Å². The second kappa shape index (κ2) is 5.02. The van der Waals surface area contributed by atoms with Crippen molar-refractivity contribution >= 4 is 0 Å². The zero-order valence-corrected chi connectivity index (χ0v) is 11.7. The molecular formula is C15H22N2O2. The highest BCUT2D eigenvalue weighted by atomic mass is 16.5. The van der Waals surface area contributed by atoms with E-state index in [0.717, 1.165) is 18.2 Å². The minimum atomic E-state index is 0.277. The number of nitrogens with zero attached hydrogens (tertiary/aromatic N) is 2. The van der Waals surface area contributed by atoms with Gasteiger partial charge in [0.2, 0.25) is 0 Å². The Balaban J connectivity index is 1.67. The van der Waals surface area contributed by atoms with Gasteiger partial charge in [-0.05, 0) is 45.1 Å². The smallest absolute Gasteiger partial charge is 0.127 e. The van der Waals surface area contributed by atoms with Crippen LogP contribution >= 0.6 is 0 Å². The number of phenols is 1. The van der Waals surface area contributed by atoms with E-state index in [1.54, 1.807) is 12.1 Å². The average Bonchev–Trinajstić information content (AvgIpc) is 2.95. The Bertz CT molecular complexity index is 463. The van der Waals surface area contributed by atoms with E-state index in [9.17, 15) is 5.11 Å². The summed E-state index contributed by atoms with van der Waals surface area (Å²) in [5.41, 5.74) is 1.20. The number of rotatable bonds is 3. The fraction of sp³-hybridized carbons (Fsp3) is 0.600. The maximum Gasteiger partial charge on any atom is 0.127 e. The molecule has 3 rings (SSSR count). The Morgan fingerprint density at radius 1 is 1.47 bits per heavy atom. The molecule has 1 saturated heterocycles. The number of aromatic hydroxyl groups is 1. The molecule has 0 spiro atoms. The van der Waals surface area contributed by atoms with Crippen LogP contribution in [0.2, 0.25) is 0 Å². The van der Waals surface area contributed by atoms with E-state index < -0.39 is 0 Å². The number of ether oxygens (including phenoxy) is 1. The molecule has 1 fully saturated rings. The first-order valence-corrected chi connectivity index (χ1v) is 6.98. The fourth-order valence-corrected chi connectivity index (χ4v) is 3.26. The number of fused-ring (bicyclic) bond motifs is 1. The average molecular weight is 262 g/mol. The van der Waals surface area contributed by atoms with Crippen molar-refractivity contribution in [1.82, 2.24) is 9.80 Å². The molecule has 0 aliphatic carbocycles. The zero-order chi connectivity index (χ0) is 13.4. The van der Waals surface area contributed by atoms with Gasteiger partial charge < -0.3 is 14.7 Å². The quantitative estimate of drug-likeness (QED) is 0.899. The second-order valence-corrected chi connectivity index (χ2v) is 5.91. The SMILES string of the molecule is CN1CCC(CN(C)C2COc3cc(O)ccc32)C1. The maximum atomic E-state index is 9.48. The van der Waals surface area contributed by atoms with Crippen LogP contribution in [0.5, 0.6) is 11.5 Å². The van der Waals surface area contributed by atoms with E-state index in [1.165, 1.54) is 25.1 Å². The van der Waals surface area contributed by atoms with Crippen LogP contribution < -0.4 is 4.74 Å². The van der Waals surface area contributed by atoms with E-state index in [1.807, 2.05) is 6.07 Å². The number of likely N-dealkylation sites (N-methyl/N-ethyl adjacent to an activating group) is 1. The van der Waals surface area contributed by atoms with Crippen LogP contribution in [-0.2, 0) is 0 Å². The minimum absolute atomic E-state index is 0.277. The molecule has 0 amide bonds. The van der Waals surface area contributed by atoms with Crippen molar-refractivity contribution in [3.8, 4) is 11.5 Å². The van der Waals surface area contributed by atoms with Crippen LogP contribution in [0.25, 0.3) is 0 Å². The van der Waals surface area contributed by atoms with Gasteiger partial charge in [0.15, 0.2) is 0 Å². The number of likely N-dealkylation sites (tertiary alicyclic amines) is 1. The van der Waals surface area contributed by atoms with Gasteiger partial charge in [0.05, 0.1) is 6.04 Å². The largest absolute Gasteiger partial charge is 0.508 e. The number of hydrogen-bond acceptors (Lipinski definition) is 4. The third-order valence-electron chi connectivity index (χ3n) is 4.32. The highest BCUT2D eigenvalue weighted by Gasteiger charge is 2.30. The third-order valence-corrected chi connectivity index (χ3v) is 4.32. The molecule has 19 heavy (non-hydrogen) atoms. The number of hydrogen-bond donors (Lipinski definition) is 1. The molecule has 2 heterocycles. The van der Waals surface area contributed by atoms with Gasteiger partial charge in [-0.25, -0.2) is 0 Å². The molecule has 104 valence electrons. The summed E-state index contributed by atoms with van der Waals surface area (Å²) in [6.07, 6.45) is 1.29. The van der Waals surface area contributed by atoms with Gasteiger partial charge in [0.1, 0.15) is 18.1 Å². The Hall–Kier alpha value is -1.26. The van der Waals surface area contributed by atoms with E-state index in [2.05, 4.69) is 23.9 Å². The molecule has 1 aromatic carbocycles. The normalized spacial score (nSPS) is 26.7. The Morgan fingerprint density at radius 3 is 3.05 bits per heavy atom. The molecule has 0 radical (unpaired) electrons. The monoisotopic (exact) mass is 262 g/mol. The molecule has 0 bridgehead atoms. The standard InChI is InChI=1S/C15H22N2O2/c1-16-6-5-11(8-16)9-17(2)14-10-19-15-7-12(18)3-4-13(14)15/h3-4,7,11,14,18H,5-6,8-10H2,1-2H3. The van der Waals surface area contributed by atoms with Crippen molar-refractivity contribution in [1.29, 1.82) is 0 Å². The van der Waals surface area contributed by atoms with Crippen molar-refractivity contribution in [3.05, 3.63) is 23.8 Å². The second-order valence-electron chi connectivity index (χ2n) is 5.91. The molecule has 2 aliphatic heterocycles. The molecular weight excluding hydrogens is 240 g/mol. The van der Waals surface area contributed by atoms with Gasteiger partial charge in [-0.15, -0.1) is 0 Å². The Kier molecular flexibility index (Phi) is 3.37. The summed E-state index contributed by atoms with van der Waals surface area (Å²) in [6, 6.07) is 5.77. The summed E-state index contributed by atoms with van der Waals surface area (Å²) < 4.78 is 5.69. The number of benzene rings is 1. The molecule has 0 aromatic heterocycles. The molecule has 4 heteroatoms. The van der Waals surface area contributed by atoms with Crippen LogP contribution in [-0.4, -0.2) is 55.2 Å².